The lowest BCUT2D eigenvalue weighted by Crippen LogP contribution is -2.53. The van der Waals surface area contributed by atoms with Gasteiger partial charge in [-0.3, -0.25) is 4.79 Å². The van der Waals surface area contributed by atoms with Crippen molar-refractivity contribution in [2.75, 3.05) is 7.05 Å². The van der Waals surface area contributed by atoms with Crippen LogP contribution < -0.4 is 0 Å². The van der Waals surface area contributed by atoms with E-state index >= 15 is 0 Å². The lowest BCUT2D eigenvalue weighted by atomic mass is 9.63. The van der Waals surface area contributed by atoms with Crippen LogP contribution in [0.15, 0.2) is 30.3 Å². The maximum atomic E-state index is 12.7. The highest BCUT2D eigenvalue weighted by molar-refractivity contribution is 5.92. The van der Waals surface area contributed by atoms with Gasteiger partial charge in [0.1, 0.15) is 6.04 Å². The van der Waals surface area contributed by atoms with Gasteiger partial charge in [-0.25, -0.2) is 4.79 Å². The molecule has 0 spiro atoms. The van der Waals surface area contributed by atoms with E-state index in [1.54, 1.807) is 7.05 Å². The molecule has 1 aromatic carbocycles. The molecule has 0 bridgehead atoms. The number of carbonyl (C=O) groups excluding carboxylic acids is 1. The minimum Gasteiger partial charge on any atom is -0.480 e. The second-order valence-corrected chi connectivity index (χ2v) is 5.23. The van der Waals surface area contributed by atoms with Crippen LogP contribution in [0.4, 0.5) is 0 Å². The summed E-state index contributed by atoms with van der Waals surface area (Å²) in [5, 5.41) is 9.03. The van der Waals surface area contributed by atoms with E-state index in [4.69, 9.17) is 5.11 Å². The third kappa shape index (κ3) is 2.23. The van der Waals surface area contributed by atoms with Crippen molar-refractivity contribution in [3.8, 4) is 0 Å². The molecule has 2 rings (SSSR count). The number of likely N-dealkylation sites (N-methyl/N-ethyl adjacent to an activating group) is 1. The maximum absolute atomic E-state index is 12.7. The molecule has 0 aliphatic heterocycles. The van der Waals surface area contributed by atoms with Crippen LogP contribution in [0.3, 0.4) is 0 Å². The zero-order valence-electron chi connectivity index (χ0n) is 11.3. The molecule has 0 saturated heterocycles. The van der Waals surface area contributed by atoms with Crippen molar-refractivity contribution in [2.24, 2.45) is 0 Å². The molecule has 4 nitrogen and oxygen atoms in total. The van der Waals surface area contributed by atoms with Gasteiger partial charge in [0.2, 0.25) is 5.91 Å². The van der Waals surface area contributed by atoms with E-state index in [1.165, 1.54) is 11.8 Å². The molecule has 1 aliphatic carbocycles. The van der Waals surface area contributed by atoms with Gasteiger partial charge in [-0.1, -0.05) is 36.8 Å². The highest BCUT2D eigenvalue weighted by Crippen LogP contribution is 2.45. The van der Waals surface area contributed by atoms with Crippen LogP contribution >= 0.6 is 0 Å². The van der Waals surface area contributed by atoms with Gasteiger partial charge in [-0.2, -0.15) is 0 Å². The fraction of sp³-hybridized carbons (Fsp3) is 0.467. The fourth-order valence-electron chi connectivity index (χ4n) is 2.59. The fourth-order valence-corrected chi connectivity index (χ4v) is 2.59. The van der Waals surface area contributed by atoms with Crippen molar-refractivity contribution in [1.82, 2.24) is 4.90 Å². The van der Waals surface area contributed by atoms with Crippen LogP contribution in [0.2, 0.25) is 0 Å². The Morgan fingerprint density at radius 1 is 1.26 bits per heavy atom. The average molecular weight is 261 g/mol. The minimum atomic E-state index is -0.974. The Morgan fingerprint density at radius 3 is 2.26 bits per heavy atom. The molecular weight excluding hydrogens is 242 g/mol. The van der Waals surface area contributed by atoms with Crippen molar-refractivity contribution in [1.29, 1.82) is 0 Å². The van der Waals surface area contributed by atoms with Crippen molar-refractivity contribution in [2.45, 2.75) is 37.6 Å². The predicted molar refractivity (Wildman–Crippen MR) is 71.8 cm³/mol. The molecule has 1 amide bonds. The first-order chi connectivity index (χ1) is 8.99. The molecular formula is C15H19NO3. The second kappa shape index (κ2) is 5.03. The van der Waals surface area contributed by atoms with Crippen LogP contribution in [0, 0.1) is 0 Å². The van der Waals surface area contributed by atoms with Crippen molar-refractivity contribution in [3.63, 3.8) is 0 Å². The molecule has 4 heteroatoms. The van der Waals surface area contributed by atoms with E-state index in [0.717, 1.165) is 24.8 Å². The zero-order valence-corrected chi connectivity index (χ0v) is 11.3. The monoisotopic (exact) mass is 261 g/mol. The number of benzene rings is 1. The number of nitrogens with zero attached hydrogens (tertiary/aromatic N) is 1. The Morgan fingerprint density at radius 2 is 1.84 bits per heavy atom. The summed E-state index contributed by atoms with van der Waals surface area (Å²) in [4.78, 5) is 25.0. The molecule has 102 valence electrons. The zero-order chi connectivity index (χ0) is 14.0. The van der Waals surface area contributed by atoms with Gasteiger partial charge in [0.15, 0.2) is 0 Å². The molecule has 0 radical (unpaired) electrons. The first kappa shape index (κ1) is 13.6. The van der Waals surface area contributed by atoms with E-state index in [-0.39, 0.29) is 5.91 Å². The summed E-state index contributed by atoms with van der Waals surface area (Å²) in [6.07, 6.45) is 2.61. The highest BCUT2D eigenvalue weighted by Gasteiger charge is 2.48. The van der Waals surface area contributed by atoms with Crippen LogP contribution in [0.5, 0.6) is 0 Å². The van der Waals surface area contributed by atoms with Crippen molar-refractivity contribution >= 4 is 11.9 Å². The van der Waals surface area contributed by atoms with Crippen LogP contribution in [-0.2, 0) is 15.0 Å². The summed E-state index contributed by atoms with van der Waals surface area (Å²) < 4.78 is 0. The number of hydrogen-bond donors (Lipinski definition) is 1. The van der Waals surface area contributed by atoms with Gasteiger partial charge in [-0.15, -0.1) is 0 Å². The first-order valence-electron chi connectivity index (χ1n) is 6.54. The first-order valence-corrected chi connectivity index (χ1v) is 6.54. The number of carbonyl (C=O) groups is 2. The van der Waals surface area contributed by atoms with E-state index < -0.39 is 17.4 Å². The lowest BCUT2D eigenvalue weighted by Gasteiger charge is -2.43. The lowest BCUT2D eigenvalue weighted by molar-refractivity contribution is -0.152. The molecule has 19 heavy (non-hydrogen) atoms. The molecule has 1 aliphatic rings. The molecule has 1 N–H and O–H groups in total. The third-order valence-electron chi connectivity index (χ3n) is 4.20. The number of carboxylic acids is 1. The maximum Gasteiger partial charge on any atom is 0.326 e. The van der Waals surface area contributed by atoms with Crippen LogP contribution in [0.25, 0.3) is 0 Å². The topological polar surface area (TPSA) is 57.6 Å². The third-order valence-corrected chi connectivity index (χ3v) is 4.20. The summed E-state index contributed by atoms with van der Waals surface area (Å²) in [5.74, 6) is -1.06. The summed E-state index contributed by atoms with van der Waals surface area (Å²) in [6, 6.07) is 8.87. The smallest absolute Gasteiger partial charge is 0.326 e. The average Bonchev–Trinajstić information content (AvgIpc) is 2.36. The Labute approximate surface area is 113 Å². The van der Waals surface area contributed by atoms with Gasteiger partial charge in [0.25, 0.3) is 0 Å². The SMILES string of the molecule is CC(C(=O)O)N(C)C(=O)C1(c2ccccc2)CCC1. The summed E-state index contributed by atoms with van der Waals surface area (Å²) in [6.45, 7) is 1.54. The Bertz CT molecular complexity index is 479. The standard InChI is InChI=1S/C15H19NO3/c1-11(13(17)18)16(2)14(19)15(9-6-10-15)12-7-4-3-5-8-12/h3-5,7-8,11H,6,9-10H2,1-2H3,(H,17,18). The molecule has 0 aromatic heterocycles. The number of hydrogen-bond acceptors (Lipinski definition) is 2. The van der Waals surface area contributed by atoms with E-state index in [9.17, 15) is 9.59 Å². The van der Waals surface area contributed by atoms with E-state index in [0.29, 0.717) is 0 Å². The summed E-state index contributed by atoms with van der Waals surface area (Å²) in [7, 11) is 1.57. The molecule has 1 fully saturated rings. The van der Waals surface area contributed by atoms with E-state index in [1.807, 2.05) is 30.3 Å². The number of carboxylic acid groups (broad SMARTS) is 1. The molecule has 1 saturated carbocycles. The molecule has 1 atom stereocenters. The number of rotatable bonds is 4. The highest BCUT2D eigenvalue weighted by atomic mass is 16.4. The normalized spacial score (nSPS) is 18.2. The van der Waals surface area contributed by atoms with Gasteiger partial charge < -0.3 is 10.0 Å². The Hall–Kier alpha value is -1.84. The minimum absolute atomic E-state index is 0.0835. The quantitative estimate of drug-likeness (QED) is 0.902. The Kier molecular flexibility index (Phi) is 3.60. The second-order valence-electron chi connectivity index (χ2n) is 5.23. The van der Waals surface area contributed by atoms with E-state index in [2.05, 4.69) is 0 Å². The van der Waals surface area contributed by atoms with Crippen molar-refractivity contribution in [3.05, 3.63) is 35.9 Å². The van der Waals surface area contributed by atoms with Crippen LogP contribution in [-0.4, -0.2) is 35.0 Å². The largest absolute Gasteiger partial charge is 0.480 e. The van der Waals surface area contributed by atoms with Gasteiger partial charge in [-0.05, 0) is 25.3 Å². The summed E-state index contributed by atoms with van der Waals surface area (Å²) >= 11 is 0. The van der Waals surface area contributed by atoms with Gasteiger partial charge >= 0.3 is 5.97 Å². The predicted octanol–water partition coefficient (Wildman–Crippen LogP) is 2.04. The van der Waals surface area contributed by atoms with Gasteiger partial charge in [0.05, 0.1) is 5.41 Å². The van der Waals surface area contributed by atoms with Gasteiger partial charge in [0, 0.05) is 7.05 Å². The molecule has 1 aromatic rings. The molecule has 1 unspecified atom stereocenters. The van der Waals surface area contributed by atoms with Crippen LogP contribution in [0.1, 0.15) is 31.7 Å². The Balaban J connectivity index is 2.28. The summed E-state index contributed by atoms with van der Waals surface area (Å²) in [5.41, 5.74) is 0.482. The number of amides is 1. The van der Waals surface area contributed by atoms with Crippen molar-refractivity contribution < 1.29 is 14.7 Å². The molecule has 0 heterocycles. The number of aliphatic carboxylic acids is 1.